The number of rotatable bonds is 5. The van der Waals surface area contributed by atoms with Gasteiger partial charge in [0.25, 0.3) is 0 Å². The summed E-state index contributed by atoms with van der Waals surface area (Å²) in [4.78, 5) is 6.47. The molecule has 1 atom stereocenters. The first-order chi connectivity index (χ1) is 9.45. The molecule has 2 N–H and O–H groups in total. The summed E-state index contributed by atoms with van der Waals surface area (Å²) in [5.41, 5.74) is 6.64. The van der Waals surface area contributed by atoms with Crippen LogP contribution in [0.3, 0.4) is 0 Å². The largest absolute Gasteiger partial charge is 0.330 e. The SMILES string of the molecule is CC(c1nc2cc(F)c(F)cc2n1CCCN)N(C)C. The quantitative estimate of drug-likeness (QED) is 0.915. The van der Waals surface area contributed by atoms with E-state index in [4.69, 9.17) is 5.73 Å². The van der Waals surface area contributed by atoms with Gasteiger partial charge in [0.2, 0.25) is 0 Å². The first-order valence-electron chi connectivity index (χ1n) is 6.67. The minimum atomic E-state index is -0.870. The van der Waals surface area contributed by atoms with E-state index in [1.807, 2.05) is 30.5 Å². The predicted octanol–water partition coefficient (Wildman–Crippen LogP) is 2.29. The molecule has 1 unspecified atom stereocenters. The molecular weight excluding hydrogens is 262 g/mol. The molecule has 20 heavy (non-hydrogen) atoms. The monoisotopic (exact) mass is 282 g/mol. The first-order valence-corrected chi connectivity index (χ1v) is 6.67. The van der Waals surface area contributed by atoms with Crippen molar-refractivity contribution >= 4 is 11.0 Å². The Labute approximate surface area is 117 Å². The highest BCUT2D eigenvalue weighted by Crippen LogP contribution is 2.25. The van der Waals surface area contributed by atoms with Gasteiger partial charge in [-0.05, 0) is 34.0 Å². The molecule has 4 nitrogen and oxygen atoms in total. The second-order valence-electron chi connectivity index (χ2n) is 5.16. The maximum Gasteiger partial charge on any atom is 0.161 e. The van der Waals surface area contributed by atoms with Crippen LogP contribution < -0.4 is 5.73 Å². The lowest BCUT2D eigenvalue weighted by atomic mass is 10.2. The summed E-state index contributed by atoms with van der Waals surface area (Å²) in [6.07, 6.45) is 0.762. The van der Waals surface area contributed by atoms with E-state index < -0.39 is 11.6 Å². The van der Waals surface area contributed by atoms with Crippen LogP contribution in [0.1, 0.15) is 25.2 Å². The molecule has 1 aromatic heterocycles. The summed E-state index contributed by atoms with van der Waals surface area (Å²) >= 11 is 0. The number of halogens is 2. The Morgan fingerprint density at radius 2 is 1.95 bits per heavy atom. The van der Waals surface area contributed by atoms with Gasteiger partial charge in [0.15, 0.2) is 11.6 Å². The average Bonchev–Trinajstić information content (AvgIpc) is 2.73. The molecule has 0 aliphatic rings. The van der Waals surface area contributed by atoms with Gasteiger partial charge in [-0.15, -0.1) is 0 Å². The molecule has 2 rings (SSSR count). The van der Waals surface area contributed by atoms with Crippen LogP contribution in [-0.4, -0.2) is 35.1 Å². The van der Waals surface area contributed by atoms with E-state index in [0.717, 1.165) is 18.3 Å². The second kappa shape index (κ2) is 5.85. The number of hydrogen-bond donors (Lipinski definition) is 1. The number of imidazole rings is 1. The highest BCUT2D eigenvalue weighted by Gasteiger charge is 2.19. The van der Waals surface area contributed by atoms with Gasteiger partial charge in [0.05, 0.1) is 17.1 Å². The molecule has 0 saturated carbocycles. The van der Waals surface area contributed by atoms with Gasteiger partial charge in [-0.2, -0.15) is 0 Å². The van der Waals surface area contributed by atoms with E-state index >= 15 is 0 Å². The standard InChI is InChI=1S/C14H20F2N4/c1-9(19(2)3)14-18-12-7-10(15)11(16)8-13(12)20(14)6-4-5-17/h7-9H,4-6,17H2,1-3H3. The number of nitrogens with two attached hydrogens (primary N) is 1. The highest BCUT2D eigenvalue weighted by molar-refractivity contribution is 5.76. The summed E-state index contributed by atoms with van der Waals surface area (Å²) in [6.45, 7) is 3.19. The third-order valence-corrected chi connectivity index (χ3v) is 3.55. The number of nitrogens with zero attached hydrogens (tertiary/aromatic N) is 3. The van der Waals surface area contributed by atoms with Crippen LogP contribution in [0.15, 0.2) is 12.1 Å². The van der Waals surface area contributed by atoms with Crippen molar-refractivity contribution in [2.75, 3.05) is 20.6 Å². The molecule has 6 heteroatoms. The predicted molar refractivity (Wildman–Crippen MR) is 75.4 cm³/mol. The summed E-state index contributed by atoms with van der Waals surface area (Å²) in [5, 5.41) is 0. The molecular formula is C14H20F2N4. The van der Waals surface area contributed by atoms with Gasteiger partial charge in [-0.25, -0.2) is 13.8 Å². The van der Waals surface area contributed by atoms with E-state index in [-0.39, 0.29) is 6.04 Å². The Kier molecular flexibility index (Phi) is 4.35. The molecule has 0 bridgehead atoms. The van der Waals surface area contributed by atoms with Crippen LogP contribution in [0, 0.1) is 11.6 Å². The zero-order chi connectivity index (χ0) is 14.9. The molecule has 1 aromatic carbocycles. The third kappa shape index (κ3) is 2.66. The minimum Gasteiger partial charge on any atom is -0.330 e. The molecule has 0 amide bonds. The topological polar surface area (TPSA) is 47.1 Å². The number of hydrogen-bond acceptors (Lipinski definition) is 3. The molecule has 0 radical (unpaired) electrons. The fourth-order valence-corrected chi connectivity index (χ4v) is 2.17. The first kappa shape index (κ1) is 14.9. The van der Waals surface area contributed by atoms with Crippen molar-refractivity contribution in [2.45, 2.75) is 25.9 Å². The van der Waals surface area contributed by atoms with Gasteiger partial charge in [-0.1, -0.05) is 0 Å². The lowest BCUT2D eigenvalue weighted by Gasteiger charge is -2.20. The molecule has 110 valence electrons. The van der Waals surface area contributed by atoms with Gasteiger partial charge in [0, 0.05) is 18.7 Å². The van der Waals surface area contributed by atoms with Crippen LogP contribution in [0.25, 0.3) is 11.0 Å². The zero-order valence-corrected chi connectivity index (χ0v) is 12.0. The van der Waals surface area contributed by atoms with Gasteiger partial charge in [-0.3, -0.25) is 4.90 Å². The van der Waals surface area contributed by atoms with Crippen molar-refractivity contribution in [3.8, 4) is 0 Å². The van der Waals surface area contributed by atoms with Gasteiger partial charge >= 0.3 is 0 Å². The minimum absolute atomic E-state index is 0.0475. The molecule has 2 aromatic rings. The maximum absolute atomic E-state index is 13.5. The van der Waals surface area contributed by atoms with E-state index in [9.17, 15) is 8.78 Å². The third-order valence-electron chi connectivity index (χ3n) is 3.55. The Morgan fingerprint density at radius 1 is 1.30 bits per heavy atom. The molecule has 0 aliphatic heterocycles. The molecule has 0 spiro atoms. The zero-order valence-electron chi connectivity index (χ0n) is 12.0. The Balaban J connectivity index is 2.60. The maximum atomic E-state index is 13.5. The fraction of sp³-hybridized carbons (Fsp3) is 0.500. The van der Waals surface area contributed by atoms with Gasteiger partial charge < -0.3 is 10.3 Å². The van der Waals surface area contributed by atoms with Crippen LogP contribution in [0.4, 0.5) is 8.78 Å². The number of benzene rings is 1. The Bertz CT molecular complexity index is 607. The normalized spacial score (nSPS) is 13.3. The molecule has 1 heterocycles. The lowest BCUT2D eigenvalue weighted by molar-refractivity contribution is 0.301. The Morgan fingerprint density at radius 3 is 2.55 bits per heavy atom. The molecule has 0 saturated heterocycles. The Hall–Kier alpha value is -1.53. The van der Waals surface area contributed by atoms with Crippen LogP contribution in [-0.2, 0) is 6.54 Å². The smallest absolute Gasteiger partial charge is 0.161 e. The summed E-state index contributed by atoms with van der Waals surface area (Å²) in [7, 11) is 3.89. The second-order valence-corrected chi connectivity index (χ2v) is 5.16. The number of fused-ring (bicyclic) bond motifs is 1. The van der Waals surface area contributed by atoms with E-state index in [1.165, 1.54) is 6.07 Å². The number of aromatic nitrogens is 2. The number of aryl methyl sites for hydroxylation is 1. The highest BCUT2D eigenvalue weighted by atomic mass is 19.2. The van der Waals surface area contributed by atoms with Crippen molar-refractivity contribution in [2.24, 2.45) is 5.73 Å². The molecule has 0 fully saturated rings. The van der Waals surface area contributed by atoms with Gasteiger partial charge in [0.1, 0.15) is 5.82 Å². The lowest BCUT2D eigenvalue weighted by Crippen LogP contribution is -2.21. The van der Waals surface area contributed by atoms with Crippen molar-refractivity contribution in [3.63, 3.8) is 0 Å². The van der Waals surface area contributed by atoms with E-state index in [0.29, 0.717) is 24.1 Å². The van der Waals surface area contributed by atoms with Crippen molar-refractivity contribution < 1.29 is 8.78 Å². The van der Waals surface area contributed by atoms with Crippen molar-refractivity contribution in [3.05, 3.63) is 29.6 Å². The summed E-state index contributed by atoms with van der Waals surface area (Å²) < 4.78 is 28.7. The van der Waals surface area contributed by atoms with Crippen LogP contribution >= 0.6 is 0 Å². The van der Waals surface area contributed by atoms with Crippen LogP contribution in [0.5, 0.6) is 0 Å². The summed E-state index contributed by atoms with van der Waals surface area (Å²) in [6, 6.07) is 2.40. The van der Waals surface area contributed by atoms with Crippen molar-refractivity contribution in [1.29, 1.82) is 0 Å². The fourth-order valence-electron chi connectivity index (χ4n) is 2.17. The van der Waals surface area contributed by atoms with Crippen molar-refractivity contribution in [1.82, 2.24) is 14.5 Å². The average molecular weight is 282 g/mol. The van der Waals surface area contributed by atoms with E-state index in [2.05, 4.69) is 4.98 Å². The summed E-state index contributed by atoms with van der Waals surface area (Å²) in [5.74, 6) is -0.927. The van der Waals surface area contributed by atoms with Crippen LogP contribution in [0.2, 0.25) is 0 Å². The van der Waals surface area contributed by atoms with E-state index in [1.54, 1.807) is 0 Å². The molecule has 0 aliphatic carbocycles.